The van der Waals surface area contributed by atoms with Crippen molar-refractivity contribution in [3.63, 3.8) is 0 Å². The molecule has 0 bridgehead atoms. The fourth-order valence-corrected chi connectivity index (χ4v) is 3.07. The average Bonchev–Trinajstić information content (AvgIpc) is 2.87. The molecule has 84 valence electrons. The van der Waals surface area contributed by atoms with E-state index in [-0.39, 0.29) is 5.78 Å². The van der Waals surface area contributed by atoms with Crippen LogP contribution in [0.5, 0.6) is 5.75 Å². The number of benzene rings is 1. The third-order valence-electron chi connectivity index (χ3n) is 2.48. The Hall–Kier alpha value is -1.39. The van der Waals surface area contributed by atoms with E-state index in [1.54, 1.807) is 29.5 Å². The molecule has 0 spiro atoms. The number of hydrogen-bond acceptors (Lipinski definition) is 3. The van der Waals surface area contributed by atoms with Crippen LogP contribution in [0.1, 0.15) is 15.2 Å². The van der Waals surface area contributed by atoms with Crippen LogP contribution in [0.15, 0.2) is 45.9 Å². The molecule has 2 aromatic rings. The summed E-state index contributed by atoms with van der Waals surface area (Å²) in [4.78, 5) is 13.0. The van der Waals surface area contributed by atoms with E-state index in [0.717, 1.165) is 9.35 Å². The molecule has 17 heavy (non-hydrogen) atoms. The van der Waals surface area contributed by atoms with Crippen LogP contribution >= 0.6 is 27.3 Å². The molecule has 2 nitrogen and oxygen atoms in total. The van der Waals surface area contributed by atoms with E-state index in [2.05, 4.69) is 15.9 Å². The van der Waals surface area contributed by atoms with Gasteiger partial charge in [0.1, 0.15) is 5.75 Å². The normalized spacial score (nSPS) is 16.1. The monoisotopic (exact) mass is 306 g/mol. The minimum atomic E-state index is -0.0547. The van der Waals surface area contributed by atoms with Gasteiger partial charge in [0.2, 0.25) is 5.78 Å². The first-order valence-electron chi connectivity index (χ1n) is 5.02. The zero-order valence-electron chi connectivity index (χ0n) is 8.64. The number of carbonyl (C=O) groups is 1. The number of Topliss-reactive ketones (excluding diaryl/α,β-unsaturated/α-hetero) is 1. The van der Waals surface area contributed by atoms with Crippen molar-refractivity contribution >= 4 is 39.1 Å². The summed E-state index contributed by atoms with van der Waals surface area (Å²) in [5, 5.41) is 1.96. The van der Waals surface area contributed by atoms with E-state index in [4.69, 9.17) is 4.74 Å². The maximum absolute atomic E-state index is 12.0. The van der Waals surface area contributed by atoms with Crippen LogP contribution in [-0.4, -0.2) is 5.78 Å². The molecule has 0 fully saturated rings. The Morgan fingerprint density at radius 1 is 1.24 bits per heavy atom. The van der Waals surface area contributed by atoms with Crippen LogP contribution in [0, 0.1) is 0 Å². The molecule has 0 unspecified atom stereocenters. The van der Waals surface area contributed by atoms with Gasteiger partial charge in [-0.1, -0.05) is 12.1 Å². The zero-order valence-corrected chi connectivity index (χ0v) is 11.0. The number of hydrogen-bond donors (Lipinski definition) is 0. The molecule has 0 radical (unpaired) electrons. The molecular weight excluding hydrogens is 300 g/mol. The van der Waals surface area contributed by atoms with Gasteiger partial charge in [-0.3, -0.25) is 4.79 Å². The van der Waals surface area contributed by atoms with E-state index in [1.165, 1.54) is 0 Å². The molecular formula is C13H7BrO2S. The Balaban J connectivity index is 2.02. The van der Waals surface area contributed by atoms with E-state index in [0.29, 0.717) is 17.1 Å². The highest BCUT2D eigenvalue weighted by molar-refractivity contribution is 9.10. The van der Waals surface area contributed by atoms with Crippen molar-refractivity contribution < 1.29 is 9.53 Å². The second-order valence-corrected chi connectivity index (χ2v) is 5.37. The van der Waals surface area contributed by atoms with Gasteiger partial charge in [0, 0.05) is 15.4 Å². The second kappa shape index (κ2) is 4.13. The number of para-hydroxylation sites is 1. The molecule has 0 N–H and O–H groups in total. The van der Waals surface area contributed by atoms with E-state index in [1.807, 2.05) is 23.6 Å². The SMILES string of the molecule is O=C1/C(=C/c2sccc2Br)Oc2ccccc21. The van der Waals surface area contributed by atoms with Gasteiger partial charge in [-0.25, -0.2) is 0 Å². The molecule has 4 heteroatoms. The van der Waals surface area contributed by atoms with Crippen LogP contribution in [0.3, 0.4) is 0 Å². The van der Waals surface area contributed by atoms with Crippen LogP contribution in [-0.2, 0) is 0 Å². The molecule has 0 saturated heterocycles. The van der Waals surface area contributed by atoms with Crippen molar-refractivity contribution in [3.8, 4) is 5.75 Å². The summed E-state index contributed by atoms with van der Waals surface area (Å²) in [6.07, 6.45) is 1.77. The fraction of sp³-hybridized carbons (Fsp3) is 0. The summed E-state index contributed by atoms with van der Waals surface area (Å²) in [5.41, 5.74) is 0.631. The smallest absolute Gasteiger partial charge is 0.231 e. The van der Waals surface area contributed by atoms with E-state index < -0.39 is 0 Å². The first-order valence-corrected chi connectivity index (χ1v) is 6.69. The summed E-state index contributed by atoms with van der Waals surface area (Å²) in [7, 11) is 0. The molecule has 1 aliphatic rings. The molecule has 0 atom stereocenters. The number of allylic oxidation sites excluding steroid dienone is 1. The van der Waals surface area contributed by atoms with Gasteiger partial charge in [0.25, 0.3) is 0 Å². The topological polar surface area (TPSA) is 26.3 Å². The predicted octanol–water partition coefficient (Wildman–Crippen LogP) is 4.13. The van der Waals surface area contributed by atoms with Gasteiger partial charge in [-0.05, 0) is 39.5 Å². The minimum absolute atomic E-state index is 0.0547. The maximum Gasteiger partial charge on any atom is 0.231 e. The van der Waals surface area contributed by atoms with Crippen molar-refractivity contribution in [1.82, 2.24) is 0 Å². The van der Waals surface area contributed by atoms with Gasteiger partial charge < -0.3 is 4.74 Å². The fourth-order valence-electron chi connectivity index (χ4n) is 1.66. The molecule has 1 aliphatic heterocycles. The van der Waals surface area contributed by atoms with Crippen LogP contribution < -0.4 is 4.74 Å². The number of thiophene rings is 1. The van der Waals surface area contributed by atoms with Crippen LogP contribution in [0.4, 0.5) is 0 Å². The lowest BCUT2D eigenvalue weighted by molar-refractivity contribution is 0.101. The summed E-state index contributed by atoms with van der Waals surface area (Å²) < 4.78 is 6.52. The first-order chi connectivity index (χ1) is 8.25. The number of carbonyl (C=O) groups excluding carboxylic acids is 1. The summed E-state index contributed by atoms with van der Waals surface area (Å²) >= 11 is 4.99. The van der Waals surface area contributed by atoms with Gasteiger partial charge in [-0.2, -0.15) is 0 Å². The second-order valence-electron chi connectivity index (χ2n) is 3.57. The van der Waals surface area contributed by atoms with Gasteiger partial charge in [-0.15, -0.1) is 11.3 Å². The summed E-state index contributed by atoms with van der Waals surface area (Å²) in [6.45, 7) is 0. The van der Waals surface area contributed by atoms with E-state index in [9.17, 15) is 4.79 Å². The van der Waals surface area contributed by atoms with Gasteiger partial charge in [0.05, 0.1) is 5.56 Å². The molecule has 3 rings (SSSR count). The quantitative estimate of drug-likeness (QED) is 0.741. The molecule has 2 heterocycles. The van der Waals surface area contributed by atoms with Gasteiger partial charge >= 0.3 is 0 Å². The number of ether oxygens (including phenoxy) is 1. The maximum atomic E-state index is 12.0. The largest absolute Gasteiger partial charge is 0.452 e. The van der Waals surface area contributed by atoms with Crippen molar-refractivity contribution in [1.29, 1.82) is 0 Å². The number of ketones is 1. The molecule has 1 aromatic heterocycles. The Kier molecular flexibility index (Phi) is 2.61. The average molecular weight is 307 g/mol. The summed E-state index contributed by atoms with van der Waals surface area (Å²) in [6, 6.07) is 9.23. The first kappa shape index (κ1) is 10.7. The summed E-state index contributed by atoms with van der Waals surface area (Å²) in [5.74, 6) is 0.965. The lowest BCUT2D eigenvalue weighted by Crippen LogP contribution is -1.97. The molecule has 1 aromatic carbocycles. The molecule has 0 saturated carbocycles. The van der Waals surface area contributed by atoms with Crippen LogP contribution in [0.2, 0.25) is 0 Å². The van der Waals surface area contributed by atoms with Gasteiger partial charge in [0.15, 0.2) is 5.76 Å². The van der Waals surface area contributed by atoms with E-state index >= 15 is 0 Å². The Morgan fingerprint density at radius 2 is 2.06 bits per heavy atom. The van der Waals surface area contributed by atoms with Crippen molar-refractivity contribution in [3.05, 3.63) is 56.4 Å². The molecule has 0 amide bonds. The van der Waals surface area contributed by atoms with Crippen molar-refractivity contribution in [2.24, 2.45) is 0 Å². The Morgan fingerprint density at radius 3 is 2.76 bits per heavy atom. The number of fused-ring (bicyclic) bond motifs is 1. The minimum Gasteiger partial charge on any atom is -0.452 e. The Bertz CT molecular complexity index is 628. The predicted molar refractivity (Wildman–Crippen MR) is 71.4 cm³/mol. The van der Waals surface area contributed by atoms with Crippen molar-refractivity contribution in [2.45, 2.75) is 0 Å². The third kappa shape index (κ3) is 1.83. The lowest BCUT2D eigenvalue weighted by Gasteiger charge is -1.96. The van der Waals surface area contributed by atoms with Crippen LogP contribution in [0.25, 0.3) is 6.08 Å². The molecule has 0 aliphatic carbocycles. The highest BCUT2D eigenvalue weighted by Gasteiger charge is 2.26. The third-order valence-corrected chi connectivity index (χ3v) is 4.30. The Labute approximate surface area is 111 Å². The number of halogens is 1. The highest BCUT2D eigenvalue weighted by Crippen LogP contribution is 2.33. The number of rotatable bonds is 1. The zero-order chi connectivity index (χ0) is 11.8. The highest BCUT2D eigenvalue weighted by atomic mass is 79.9. The van der Waals surface area contributed by atoms with Crippen molar-refractivity contribution in [2.75, 3.05) is 0 Å². The standard InChI is InChI=1S/C13H7BrO2S/c14-9-5-6-17-12(9)7-11-13(15)8-3-1-2-4-10(8)16-11/h1-7H/b11-7-. The lowest BCUT2D eigenvalue weighted by atomic mass is 10.1.